The third-order valence-electron chi connectivity index (χ3n) is 9.71. The maximum Gasteiger partial charge on any atom is 0.285 e. The second kappa shape index (κ2) is 12.5. The summed E-state index contributed by atoms with van der Waals surface area (Å²) >= 11 is 0. The van der Waals surface area contributed by atoms with Gasteiger partial charge < -0.3 is 28.2 Å². The summed E-state index contributed by atoms with van der Waals surface area (Å²) in [5, 5.41) is 0. The number of benzene rings is 4. The third kappa shape index (κ3) is 5.27. The zero-order chi connectivity index (χ0) is 31.9. The maximum atomic E-state index is 5.59. The highest BCUT2D eigenvalue weighted by molar-refractivity contribution is 6.43. The van der Waals surface area contributed by atoms with Crippen molar-refractivity contribution < 1.29 is 14.0 Å². The van der Waals surface area contributed by atoms with Crippen molar-refractivity contribution in [2.24, 2.45) is 4.99 Å². The first-order chi connectivity index (χ1) is 23.8. The number of anilines is 2. The van der Waals surface area contributed by atoms with E-state index in [0.717, 1.165) is 109 Å². The van der Waals surface area contributed by atoms with Crippen LogP contribution in [0.4, 0.5) is 17.2 Å². The van der Waals surface area contributed by atoms with Crippen LogP contribution in [-0.2, 0) is 9.47 Å². The van der Waals surface area contributed by atoms with Crippen molar-refractivity contribution in [1.82, 2.24) is 4.48 Å². The summed E-state index contributed by atoms with van der Waals surface area (Å²) in [5.74, 6) is 1.87. The van der Waals surface area contributed by atoms with Crippen molar-refractivity contribution in [3.8, 4) is 22.4 Å². The van der Waals surface area contributed by atoms with E-state index in [9.17, 15) is 0 Å². The maximum absolute atomic E-state index is 5.59. The molecule has 2 radical (unpaired) electrons. The van der Waals surface area contributed by atoms with Crippen LogP contribution in [0.15, 0.2) is 126 Å². The molecule has 0 bridgehead atoms. The number of allylic oxidation sites excluding steroid dienone is 1. The van der Waals surface area contributed by atoms with Crippen LogP contribution in [0.3, 0.4) is 0 Å². The Kier molecular flexibility index (Phi) is 7.52. The minimum atomic E-state index is 0.771. The Morgan fingerprint density at radius 2 is 1.12 bits per heavy atom. The molecule has 5 heterocycles. The van der Waals surface area contributed by atoms with Gasteiger partial charge in [-0.25, -0.2) is 0 Å². The standard InChI is InChI=1S/C40H36BN5O2/c1-3-7-31(8-4-1)37-27-35(29-11-15-33(16-12-29)43-19-23-47-24-20-43)39-42-40-36(30-13-17-34(18-14-30)44-21-25-48-26-22-44)28-38(46(40)41-45(37)39)32-9-5-2-6-10-32/h1-18,27-28H,19-26H2. The van der Waals surface area contributed by atoms with Gasteiger partial charge in [-0.3, -0.25) is 0 Å². The molecule has 0 N–H and O–H groups in total. The van der Waals surface area contributed by atoms with Crippen LogP contribution in [-0.4, -0.2) is 80.7 Å². The lowest BCUT2D eigenvalue weighted by molar-refractivity contribution is -0.236. The molecule has 0 aliphatic carbocycles. The van der Waals surface area contributed by atoms with E-state index < -0.39 is 0 Å². The van der Waals surface area contributed by atoms with E-state index in [0.29, 0.717) is 0 Å². The number of ether oxygens (including phenoxy) is 2. The molecule has 9 rings (SSSR count). The zero-order valence-electron chi connectivity index (χ0n) is 26.8. The highest BCUT2D eigenvalue weighted by Gasteiger charge is 2.33. The molecule has 1 aromatic heterocycles. The van der Waals surface area contributed by atoms with Gasteiger partial charge in [-0.2, -0.15) is 0 Å². The van der Waals surface area contributed by atoms with E-state index in [1.165, 1.54) is 11.4 Å². The Hall–Kier alpha value is -5.18. The first-order valence-corrected chi connectivity index (χ1v) is 16.8. The second-order valence-electron chi connectivity index (χ2n) is 12.5. The fourth-order valence-corrected chi connectivity index (χ4v) is 7.14. The van der Waals surface area contributed by atoms with Crippen molar-refractivity contribution >= 4 is 41.9 Å². The lowest BCUT2D eigenvalue weighted by Gasteiger charge is -2.29. The number of hydrogen-bond acceptors (Lipinski definition) is 5. The Balaban J connectivity index is 1.17. The highest BCUT2D eigenvalue weighted by atomic mass is 16.5. The lowest BCUT2D eigenvalue weighted by Crippen LogP contribution is -2.36. The fourth-order valence-electron chi connectivity index (χ4n) is 7.14. The number of fused-ring (bicyclic) bond motifs is 2. The summed E-state index contributed by atoms with van der Waals surface area (Å²) < 4.78 is 15.7. The lowest BCUT2D eigenvalue weighted by atomic mass is 10.0. The molecule has 2 fully saturated rings. The molecule has 0 unspecified atom stereocenters. The van der Waals surface area contributed by atoms with Gasteiger partial charge in [0.2, 0.25) is 5.82 Å². The molecule has 8 heteroatoms. The normalized spacial score (nSPS) is 17.6. The van der Waals surface area contributed by atoms with Crippen molar-refractivity contribution in [1.29, 1.82) is 0 Å². The Bertz CT molecular complexity index is 2040. The molecule has 4 aliphatic rings. The average molecular weight is 630 g/mol. The van der Waals surface area contributed by atoms with Gasteiger partial charge in [-0.05, 0) is 58.1 Å². The summed E-state index contributed by atoms with van der Waals surface area (Å²) in [6.45, 7) is 6.75. The third-order valence-corrected chi connectivity index (χ3v) is 9.71. The summed E-state index contributed by atoms with van der Waals surface area (Å²) in [4.78, 5) is 10.3. The van der Waals surface area contributed by atoms with Crippen molar-refractivity contribution in [2.45, 2.75) is 0 Å². The molecule has 0 spiro atoms. The van der Waals surface area contributed by atoms with E-state index in [1.54, 1.807) is 0 Å². The number of aromatic nitrogens is 1. The first-order valence-electron chi connectivity index (χ1n) is 16.8. The van der Waals surface area contributed by atoms with Gasteiger partial charge in [-0.15, -0.1) is 0 Å². The van der Waals surface area contributed by atoms with Crippen LogP contribution in [0.1, 0.15) is 11.1 Å². The van der Waals surface area contributed by atoms with Crippen molar-refractivity contribution in [2.75, 3.05) is 62.4 Å². The highest BCUT2D eigenvalue weighted by Crippen LogP contribution is 2.42. The van der Waals surface area contributed by atoms with Crippen LogP contribution in [0, 0.1) is 0 Å². The molecule has 236 valence electrons. The molecule has 0 saturated carbocycles. The number of nitrogens with zero attached hydrogens (tertiary/aromatic N) is 5. The Morgan fingerprint density at radius 1 is 0.583 bits per heavy atom. The van der Waals surface area contributed by atoms with Gasteiger partial charge in [0.25, 0.3) is 5.84 Å². The molecule has 48 heavy (non-hydrogen) atoms. The summed E-state index contributed by atoms with van der Waals surface area (Å²) in [7, 11) is 2.22. The van der Waals surface area contributed by atoms with E-state index >= 15 is 0 Å². The van der Waals surface area contributed by atoms with Gasteiger partial charge >= 0.3 is 0 Å². The minimum Gasteiger partial charge on any atom is -0.492 e. The Morgan fingerprint density at radius 3 is 1.71 bits per heavy atom. The van der Waals surface area contributed by atoms with Crippen LogP contribution >= 0.6 is 0 Å². The number of rotatable bonds is 6. The molecular weight excluding hydrogens is 593 g/mol. The zero-order valence-corrected chi connectivity index (χ0v) is 26.8. The van der Waals surface area contributed by atoms with E-state index in [2.05, 4.69) is 148 Å². The summed E-state index contributed by atoms with van der Waals surface area (Å²) in [6.07, 6.45) is 2.29. The van der Waals surface area contributed by atoms with Crippen molar-refractivity contribution in [3.05, 3.63) is 132 Å². The number of morpholine rings is 2. The van der Waals surface area contributed by atoms with E-state index in [1.807, 2.05) is 0 Å². The molecule has 0 atom stereocenters. The van der Waals surface area contributed by atoms with Crippen molar-refractivity contribution in [3.63, 3.8) is 0 Å². The molecule has 0 amide bonds. The molecule has 4 aliphatic heterocycles. The van der Waals surface area contributed by atoms with Gasteiger partial charge in [0.1, 0.15) is 0 Å². The van der Waals surface area contributed by atoms with Gasteiger partial charge in [0, 0.05) is 54.4 Å². The number of hydrogen-bond donors (Lipinski definition) is 0. The SMILES string of the molecule is [B-]1n2c(-c3ccccc3)cc(-c3ccc(N4CCOCC4)cc3)c2N=C2C(c3ccc(N4CCOCC4)cc3)=CC(c3ccccc3)=[N+]12. The smallest absolute Gasteiger partial charge is 0.285 e. The van der Waals surface area contributed by atoms with Crippen LogP contribution in [0.2, 0.25) is 0 Å². The number of amidine groups is 1. The molecule has 4 aromatic carbocycles. The predicted molar refractivity (Wildman–Crippen MR) is 195 cm³/mol. The monoisotopic (exact) mass is 629 g/mol. The topological polar surface area (TPSA) is 45.2 Å². The van der Waals surface area contributed by atoms with Crippen LogP contribution in [0.5, 0.6) is 0 Å². The summed E-state index contributed by atoms with van der Waals surface area (Å²) in [5.41, 5.74) is 11.5. The quantitative estimate of drug-likeness (QED) is 0.201. The molecule has 7 nitrogen and oxygen atoms in total. The van der Waals surface area contributed by atoms with Gasteiger partial charge in [0.05, 0.1) is 45.3 Å². The molecular formula is C40H36BN5O2. The predicted octanol–water partition coefficient (Wildman–Crippen LogP) is 6.52. The second-order valence-corrected chi connectivity index (χ2v) is 12.5. The van der Waals surface area contributed by atoms with Crippen LogP contribution < -0.4 is 9.80 Å². The van der Waals surface area contributed by atoms with Crippen LogP contribution in [0.25, 0.3) is 28.0 Å². The minimum absolute atomic E-state index is 0.771. The van der Waals surface area contributed by atoms with Gasteiger partial charge in [-0.1, -0.05) is 84.9 Å². The Labute approximate surface area is 282 Å². The molecule has 5 aromatic rings. The summed E-state index contributed by atoms with van der Waals surface area (Å²) in [6, 6.07) is 41.4. The fraction of sp³-hybridized carbons (Fsp3) is 0.200. The largest absolute Gasteiger partial charge is 0.492 e. The average Bonchev–Trinajstić information content (AvgIpc) is 3.74. The first kappa shape index (κ1) is 29.0. The van der Waals surface area contributed by atoms with Gasteiger partial charge in [0.15, 0.2) is 0 Å². The molecule has 2 saturated heterocycles. The van der Waals surface area contributed by atoms with E-state index in [4.69, 9.17) is 14.5 Å². The van der Waals surface area contributed by atoms with E-state index in [-0.39, 0.29) is 0 Å². The number of aliphatic imine (C=N–C) groups is 1.